The van der Waals surface area contributed by atoms with E-state index in [1.807, 2.05) is 12.1 Å². The van der Waals surface area contributed by atoms with Gasteiger partial charge in [0, 0.05) is 25.1 Å². The normalized spacial score (nSPS) is 14.7. The van der Waals surface area contributed by atoms with Crippen LogP contribution in [0.25, 0.3) is 0 Å². The summed E-state index contributed by atoms with van der Waals surface area (Å²) in [4.78, 5) is 18.0. The van der Waals surface area contributed by atoms with Crippen molar-refractivity contribution in [1.29, 1.82) is 0 Å². The number of rotatable bonds is 6. The SMILES string of the molecule is CC(C)Cc1noc(CNc2cc(N3CCCC3=O)ccc2Cl)n1. The van der Waals surface area contributed by atoms with Crippen LogP contribution in [0.2, 0.25) is 5.02 Å². The first-order valence-corrected chi connectivity index (χ1v) is 8.56. The molecule has 0 unspecified atom stereocenters. The number of carbonyl (C=O) groups excluding carboxylic acids is 1. The van der Waals surface area contributed by atoms with Crippen LogP contribution in [-0.2, 0) is 17.8 Å². The number of hydrogen-bond acceptors (Lipinski definition) is 5. The average molecular weight is 349 g/mol. The van der Waals surface area contributed by atoms with Crippen LogP contribution in [0.15, 0.2) is 22.7 Å². The van der Waals surface area contributed by atoms with Crippen LogP contribution >= 0.6 is 11.6 Å². The minimum absolute atomic E-state index is 0.151. The Bertz CT molecular complexity index is 729. The fourth-order valence-electron chi connectivity index (χ4n) is 2.72. The summed E-state index contributed by atoms with van der Waals surface area (Å²) in [6.45, 7) is 5.36. The Morgan fingerprint density at radius 3 is 2.96 bits per heavy atom. The van der Waals surface area contributed by atoms with Crippen LogP contribution in [-0.4, -0.2) is 22.6 Å². The van der Waals surface area contributed by atoms with Crippen molar-refractivity contribution >= 4 is 28.9 Å². The molecule has 1 aliphatic heterocycles. The Morgan fingerprint density at radius 1 is 1.42 bits per heavy atom. The Morgan fingerprint density at radius 2 is 2.25 bits per heavy atom. The molecule has 2 heterocycles. The van der Waals surface area contributed by atoms with E-state index in [4.69, 9.17) is 16.1 Å². The molecule has 6 nitrogen and oxygen atoms in total. The molecule has 1 saturated heterocycles. The Balaban J connectivity index is 1.68. The summed E-state index contributed by atoms with van der Waals surface area (Å²) in [5, 5.41) is 7.77. The van der Waals surface area contributed by atoms with E-state index in [1.54, 1.807) is 11.0 Å². The molecule has 0 spiro atoms. The first-order valence-electron chi connectivity index (χ1n) is 8.18. The van der Waals surface area contributed by atoms with Gasteiger partial charge in [-0.2, -0.15) is 4.98 Å². The van der Waals surface area contributed by atoms with Crippen molar-refractivity contribution in [3.05, 3.63) is 34.9 Å². The monoisotopic (exact) mass is 348 g/mol. The molecule has 2 aromatic rings. The van der Waals surface area contributed by atoms with E-state index < -0.39 is 0 Å². The summed E-state index contributed by atoms with van der Waals surface area (Å²) in [6.07, 6.45) is 2.29. The van der Waals surface area contributed by atoms with E-state index in [0.717, 1.165) is 30.8 Å². The van der Waals surface area contributed by atoms with E-state index in [-0.39, 0.29) is 5.91 Å². The fourth-order valence-corrected chi connectivity index (χ4v) is 2.90. The van der Waals surface area contributed by atoms with E-state index in [0.29, 0.717) is 35.6 Å². The molecule has 0 saturated carbocycles. The summed E-state index contributed by atoms with van der Waals surface area (Å²) in [6, 6.07) is 5.55. The smallest absolute Gasteiger partial charge is 0.245 e. The van der Waals surface area contributed by atoms with Gasteiger partial charge in [-0.15, -0.1) is 0 Å². The molecule has 24 heavy (non-hydrogen) atoms. The van der Waals surface area contributed by atoms with Gasteiger partial charge in [-0.05, 0) is 30.5 Å². The lowest BCUT2D eigenvalue weighted by Gasteiger charge is -2.17. The molecule has 1 aromatic heterocycles. The number of halogens is 1. The number of nitrogens with zero attached hydrogens (tertiary/aromatic N) is 3. The van der Waals surface area contributed by atoms with Crippen molar-refractivity contribution in [2.24, 2.45) is 5.92 Å². The van der Waals surface area contributed by atoms with Crippen molar-refractivity contribution < 1.29 is 9.32 Å². The Labute approximate surface area is 146 Å². The number of benzene rings is 1. The average Bonchev–Trinajstić information content (AvgIpc) is 3.15. The highest BCUT2D eigenvalue weighted by Crippen LogP contribution is 2.30. The lowest BCUT2D eigenvalue weighted by Crippen LogP contribution is -2.23. The van der Waals surface area contributed by atoms with Gasteiger partial charge in [0.15, 0.2) is 5.82 Å². The summed E-state index contributed by atoms with van der Waals surface area (Å²) in [5.41, 5.74) is 1.60. The largest absolute Gasteiger partial charge is 0.375 e. The van der Waals surface area contributed by atoms with Gasteiger partial charge in [-0.3, -0.25) is 4.79 Å². The molecule has 1 N–H and O–H groups in total. The number of carbonyl (C=O) groups is 1. The lowest BCUT2D eigenvalue weighted by molar-refractivity contribution is -0.117. The molecule has 0 bridgehead atoms. The quantitative estimate of drug-likeness (QED) is 0.862. The zero-order chi connectivity index (χ0) is 17.1. The second-order valence-electron chi connectivity index (χ2n) is 6.37. The summed E-state index contributed by atoms with van der Waals surface area (Å²) >= 11 is 6.25. The minimum Gasteiger partial charge on any atom is -0.375 e. The lowest BCUT2D eigenvalue weighted by atomic mass is 10.1. The summed E-state index contributed by atoms with van der Waals surface area (Å²) < 4.78 is 5.24. The third-order valence-corrected chi connectivity index (χ3v) is 4.20. The number of anilines is 2. The van der Waals surface area contributed by atoms with Gasteiger partial charge in [0.25, 0.3) is 0 Å². The van der Waals surface area contributed by atoms with E-state index in [2.05, 4.69) is 29.3 Å². The Hall–Kier alpha value is -2.08. The van der Waals surface area contributed by atoms with Gasteiger partial charge in [0.2, 0.25) is 11.8 Å². The first-order chi connectivity index (χ1) is 11.5. The molecule has 0 aliphatic carbocycles. The maximum atomic E-state index is 11.9. The molecule has 7 heteroatoms. The van der Waals surface area contributed by atoms with Crippen molar-refractivity contribution in [3.8, 4) is 0 Å². The second-order valence-corrected chi connectivity index (χ2v) is 6.78. The highest BCUT2D eigenvalue weighted by atomic mass is 35.5. The fraction of sp³-hybridized carbons (Fsp3) is 0.471. The standard InChI is InChI=1S/C17H21ClN4O2/c1-11(2)8-15-20-16(24-21-15)10-19-14-9-12(5-6-13(14)18)22-7-3-4-17(22)23/h5-6,9,11,19H,3-4,7-8,10H2,1-2H3. The third-order valence-electron chi connectivity index (χ3n) is 3.87. The topological polar surface area (TPSA) is 71.3 Å². The van der Waals surface area contributed by atoms with Crippen molar-refractivity contribution in [2.45, 2.75) is 39.7 Å². The van der Waals surface area contributed by atoms with E-state index in [9.17, 15) is 4.79 Å². The molecular formula is C17H21ClN4O2. The van der Waals surface area contributed by atoms with Gasteiger partial charge >= 0.3 is 0 Å². The minimum atomic E-state index is 0.151. The predicted octanol–water partition coefficient (Wildman–Crippen LogP) is 3.66. The third kappa shape index (κ3) is 3.87. The van der Waals surface area contributed by atoms with E-state index in [1.165, 1.54) is 0 Å². The van der Waals surface area contributed by atoms with Crippen molar-refractivity contribution in [1.82, 2.24) is 10.1 Å². The van der Waals surface area contributed by atoms with Gasteiger partial charge in [-0.1, -0.05) is 30.6 Å². The number of aromatic nitrogens is 2. The van der Waals surface area contributed by atoms with Crippen LogP contribution in [0.3, 0.4) is 0 Å². The maximum Gasteiger partial charge on any atom is 0.245 e. The maximum absolute atomic E-state index is 11.9. The van der Waals surface area contributed by atoms with Gasteiger partial charge in [-0.25, -0.2) is 0 Å². The van der Waals surface area contributed by atoms with Crippen molar-refractivity contribution in [2.75, 3.05) is 16.8 Å². The Kier molecular flexibility index (Phi) is 5.04. The number of hydrogen-bond donors (Lipinski definition) is 1. The molecule has 1 amide bonds. The van der Waals surface area contributed by atoms with Crippen LogP contribution in [0.1, 0.15) is 38.4 Å². The molecule has 0 radical (unpaired) electrons. The molecular weight excluding hydrogens is 328 g/mol. The first kappa shape index (κ1) is 16.8. The zero-order valence-electron chi connectivity index (χ0n) is 13.9. The number of nitrogens with one attached hydrogen (secondary N) is 1. The van der Waals surface area contributed by atoms with Crippen LogP contribution in [0.4, 0.5) is 11.4 Å². The predicted molar refractivity (Wildman–Crippen MR) is 93.2 cm³/mol. The highest BCUT2D eigenvalue weighted by Gasteiger charge is 2.22. The summed E-state index contributed by atoms with van der Waals surface area (Å²) in [5.74, 6) is 1.86. The zero-order valence-corrected chi connectivity index (χ0v) is 14.6. The highest BCUT2D eigenvalue weighted by molar-refractivity contribution is 6.33. The van der Waals surface area contributed by atoms with Crippen molar-refractivity contribution in [3.63, 3.8) is 0 Å². The molecule has 128 valence electrons. The molecule has 0 atom stereocenters. The molecule has 3 rings (SSSR count). The van der Waals surface area contributed by atoms with E-state index >= 15 is 0 Å². The van der Waals surface area contributed by atoms with Crippen LogP contribution in [0, 0.1) is 5.92 Å². The molecule has 1 aromatic carbocycles. The van der Waals surface area contributed by atoms with Gasteiger partial charge in [0.1, 0.15) is 0 Å². The molecule has 1 fully saturated rings. The summed E-state index contributed by atoms with van der Waals surface area (Å²) in [7, 11) is 0. The second kappa shape index (κ2) is 7.21. The number of amides is 1. The van der Waals surface area contributed by atoms with Crippen LogP contribution in [0.5, 0.6) is 0 Å². The van der Waals surface area contributed by atoms with Gasteiger partial charge < -0.3 is 14.7 Å². The molecule has 1 aliphatic rings. The van der Waals surface area contributed by atoms with Gasteiger partial charge in [0.05, 0.1) is 17.3 Å². The van der Waals surface area contributed by atoms with Crippen LogP contribution < -0.4 is 10.2 Å².